The SMILES string of the molecule is Cc1c(N)cc(C(=O)OC2COC2)cc1F. The fourth-order valence-electron chi connectivity index (χ4n) is 1.32. The van der Waals surface area contributed by atoms with E-state index in [1.807, 2.05) is 0 Å². The van der Waals surface area contributed by atoms with Crippen molar-refractivity contribution in [2.24, 2.45) is 0 Å². The number of esters is 1. The molecule has 0 aromatic heterocycles. The standard InChI is InChI=1S/C11H12FNO3/c1-6-9(12)2-7(3-10(6)13)11(14)16-8-4-15-5-8/h2-3,8H,4-5,13H2,1H3. The number of hydrogen-bond acceptors (Lipinski definition) is 4. The van der Waals surface area contributed by atoms with Gasteiger partial charge < -0.3 is 15.2 Å². The van der Waals surface area contributed by atoms with E-state index in [2.05, 4.69) is 0 Å². The molecule has 1 aromatic rings. The summed E-state index contributed by atoms with van der Waals surface area (Å²) in [5.41, 5.74) is 6.28. The molecule has 16 heavy (non-hydrogen) atoms. The number of carbonyl (C=O) groups is 1. The third-order valence-corrected chi connectivity index (χ3v) is 2.50. The summed E-state index contributed by atoms with van der Waals surface area (Å²) >= 11 is 0. The molecule has 1 fully saturated rings. The summed E-state index contributed by atoms with van der Waals surface area (Å²) in [6, 6.07) is 2.55. The van der Waals surface area contributed by atoms with E-state index in [4.69, 9.17) is 15.2 Å². The van der Waals surface area contributed by atoms with Crippen molar-refractivity contribution >= 4 is 11.7 Å². The first-order valence-corrected chi connectivity index (χ1v) is 4.92. The third kappa shape index (κ3) is 1.99. The van der Waals surface area contributed by atoms with Crippen LogP contribution in [0.1, 0.15) is 15.9 Å². The molecular formula is C11H12FNO3. The van der Waals surface area contributed by atoms with Crippen molar-refractivity contribution in [3.63, 3.8) is 0 Å². The molecule has 0 aliphatic carbocycles. The average Bonchev–Trinajstić information content (AvgIpc) is 2.19. The van der Waals surface area contributed by atoms with E-state index in [-0.39, 0.29) is 17.4 Å². The van der Waals surface area contributed by atoms with Gasteiger partial charge in [0.1, 0.15) is 11.9 Å². The Hall–Kier alpha value is -1.62. The maximum Gasteiger partial charge on any atom is 0.338 e. The predicted octanol–water partition coefficient (Wildman–Crippen LogP) is 1.27. The van der Waals surface area contributed by atoms with E-state index in [9.17, 15) is 9.18 Å². The molecule has 0 bridgehead atoms. The molecule has 0 radical (unpaired) electrons. The summed E-state index contributed by atoms with van der Waals surface area (Å²) in [5.74, 6) is -1.07. The number of carbonyl (C=O) groups excluding carboxylic acids is 1. The molecule has 0 unspecified atom stereocenters. The van der Waals surface area contributed by atoms with E-state index in [0.29, 0.717) is 18.8 Å². The molecule has 0 amide bonds. The van der Waals surface area contributed by atoms with Crippen LogP contribution in [-0.4, -0.2) is 25.3 Å². The van der Waals surface area contributed by atoms with Crippen LogP contribution in [0.4, 0.5) is 10.1 Å². The molecule has 0 spiro atoms. The molecule has 0 atom stereocenters. The molecular weight excluding hydrogens is 213 g/mol. The van der Waals surface area contributed by atoms with Crippen LogP contribution in [0.3, 0.4) is 0 Å². The van der Waals surface area contributed by atoms with Crippen LogP contribution in [-0.2, 0) is 9.47 Å². The molecule has 1 aliphatic rings. The van der Waals surface area contributed by atoms with Crippen LogP contribution in [0.15, 0.2) is 12.1 Å². The van der Waals surface area contributed by atoms with Crippen LogP contribution in [0.25, 0.3) is 0 Å². The summed E-state index contributed by atoms with van der Waals surface area (Å²) in [6.45, 7) is 2.35. The van der Waals surface area contributed by atoms with Gasteiger partial charge in [-0.3, -0.25) is 0 Å². The zero-order chi connectivity index (χ0) is 11.7. The number of ether oxygens (including phenoxy) is 2. The second-order valence-corrected chi connectivity index (χ2v) is 3.74. The van der Waals surface area contributed by atoms with Crippen molar-refractivity contribution in [2.45, 2.75) is 13.0 Å². The van der Waals surface area contributed by atoms with Gasteiger partial charge in [0.2, 0.25) is 0 Å². The summed E-state index contributed by atoms with van der Waals surface area (Å²) in [4.78, 5) is 11.6. The Kier molecular flexibility index (Phi) is 2.78. The number of rotatable bonds is 2. The Morgan fingerprint density at radius 2 is 2.25 bits per heavy atom. The molecule has 2 rings (SSSR count). The van der Waals surface area contributed by atoms with Crippen LogP contribution < -0.4 is 5.73 Å². The highest BCUT2D eigenvalue weighted by molar-refractivity contribution is 5.90. The summed E-state index contributed by atoms with van der Waals surface area (Å²) < 4.78 is 23.2. The number of nitrogen functional groups attached to an aromatic ring is 1. The van der Waals surface area contributed by atoms with Gasteiger partial charge in [-0.2, -0.15) is 0 Å². The van der Waals surface area contributed by atoms with E-state index < -0.39 is 11.8 Å². The van der Waals surface area contributed by atoms with E-state index in [0.717, 1.165) is 6.07 Å². The monoisotopic (exact) mass is 225 g/mol. The Morgan fingerprint density at radius 1 is 1.56 bits per heavy atom. The Morgan fingerprint density at radius 3 is 2.75 bits per heavy atom. The Bertz CT molecular complexity index is 406. The van der Waals surface area contributed by atoms with Crippen molar-refractivity contribution in [2.75, 3.05) is 18.9 Å². The second-order valence-electron chi connectivity index (χ2n) is 3.74. The third-order valence-electron chi connectivity index (χ3n) is 2.50. The minimum atomic E-state index is -0.570. The Balaban J connectivity index is 2.16. The topological polar surface area (TPSA) is 61.6 Å². The second kappa shape index (κ2) is 4.09. The molecule has 1 heterocycles. The fourth-order valence-corrected chi connectivity index (χ4v) is 1.32. The van der Waals surface area contributed by atoms with E-state index >= 15 is 0 Å². The van der Waals surface area contributed by atoms with Crippen LogP contribution in [0.2, 0.25) is 0 Å². The van der Waals surface area contributed by atoms with Crippen molar-refractivity contribution in [1.82, 2.24) is 0 Å². The average molecular weight is 225 g/mol. The van der Waals surface area contributed by atoms with Crippen LogP contribution >= 0.6 is 0 Å². The number of halogens is 1. The summed E-state index contributed by atoms with van der Waals surface area (Å²) in [5, 5.41) is 0. The van der Waals surface area contributed by atoms with Gasteiger partial charge in [0.15, 0.2) is 0 Å². The maximum absolute atomic E-state index is 13.3. The Labute approximate surface area is 92.1 Å². The molecule has 86 valence electrons. The quantitative estimate of drug-likeness (QED) is 0.608. The van der Waals surface area contributed by atoms with Gasteiger partial charge in [-0.25, -0.2) is 9.18 Å². The first-order valence-electron chi connectivity index (χ1n) is 4.92. The van der Waals surface area contributed by atoms with Crippen LogP contribution in [0, 0.1) is 12.7 Å². The first kappa shape index (κ1) is 10.9. The minimum Gasteiger partial charge on any atom is -0.454 e. The number of benzene rings is 1. The van der Waals surface area contributed by atoms with Gasteiger partial charge >= 0.3 is 5.97 Å². The van der Waals surface area contributed by atoms with Gasteiger partial charge in [0.25, 0.3) is 0 Å². The molecule has 0 saturated carbocycles. The molecule has 5 heteroatoms. The number of hydrogen-bond donors (Lipinski definition) is 1. The summed E-state index contributed by atoms with van der Waals surface area (Å²) in [6.07, 6.45) is -0.224. The summed E-state index contributed by atoms with van der Waals surface area (Å²) in [7, 11) is 0. The van der Waals surface area contributed by atoms with Crippen molar-refractivity contribution in [1.29, 1.82) is 0 Å². The van der Waals surface area contributed by atoms with Gasteiger partial charge in [-0.1, -0.05) is 0 Å². The highest BCUT2D eigenvalue weighted by Crippen LogP contribution is 2.19. The van der Waals surface area contributed by atoms with E-state index in [1.165, 1.54) is 6.07 Å². The van der Waals surface area contributed by atoms with Crippen molar-refractivity contribution < 1.29 is 18.7 Å². The number of anilines is 1. The number of nitrogens with two attached hydrogens (primary N) is 1. The van der Waals surface area contributed by atoms with Gasteiger partial charge in [0, 0.05) is 11.3 Å². The van der Waals surface area contributed by atoms with Crippen molar-refractivity contribution in [3.05, 3.63) is 29.1 Å². The molecule has 1 aromatic carbocycles. The zero-order valence-electron chi connectivity index (χ0n) is 8.83. The van der Waals surface area contributed by atoms with Gasteiger partial charge in [-0.05, 0) is 19.1 Å². The van der Waals surface area contributed by atoms with E-state index in [1.54, 1.807) is 6.92 Å². The molecule has 1 saturated heterocycles. The minimum absolute atomic E-state index is 0.132. The fraction of sp³-hybridized carbons (Fsp3) is 0.364. The van der Waals surface area contributed by atoms with Crippen molar-refractivity contribution in [3.8, 4) is 0 Å². The lowest BCUT2D eigenvalue weighted by molar-refractivity contribution is -0.103. The largest absolute Gasteiger partial charge is 0.454 e. The smallest absolute Gasteiger partial charge is 0.338 e. The van der Waals surface area contributed by atoms with Gasteiger partial charge in [0.05, 0.1) is 18.8 Å². The normalized spacial score (nSPS) is 15.6. The lowest BCUT2D eigenvalue weighted by Crippen LogP contribution is -2.37. The molecule has 4 nitrogen and oxygen atoms in total. The predicted molar refractivity (Wildman–Crippen MR) is 55.6 cm³/mol. The van der Waals surface area contributed by atoms with Gasteiger partial charge in [-0.15, -0.1) is 0 Å². The highest BCUT2D eigenvalue weighted by Gasteiger charge is 2.24. The lowest BCUT2D eigenvalue weighted by atomic mass is 10.1. The lowest BCUT2D eigenvalue weighted by Gasteiger charge is -2.25. The first-order chi connectivity index (χ1) is 7.58. The molecule has 2 N–H and O–H groups in total. The maximum atomic E-state index is 13.3. The highest BCUT2D eigenvalue weighted by atomic mass is 19.1. The van der Waals surface area contributed by atoms with Crippen LogP contribution in [0.5, 0.6) is 0 Å². The zero-order valence-corrected chi connectivity index (χ0v) is 8.83. The molecule has 1 aliphatic heterocycles.